The molecule has 1 aliphatic heterocycles. The fraction of sp³-hybridized carbons (Fsp3) is 0.217. The van der Waals surface area contributed by atoms with Gasteiger partial charge in [-0.2, -0.15) is 0 Å². The lowest BCUT2D eigenvalue weighted by atomic mass is 10.2. The molecule has 1 saturated heterocycles. The largest absolute Gasteiger partial charge is 0.485 e. The number of rotatable bonds is 6. The zero-order chi connectivity index (χ0) is 20.8. The van der Waals surface area contributed by atoms with Crippen molar-refractivity contribution in [3.05, 3.63) is 84.3 Å². The third-order valence-corrected chi connectivity index (χ3v) is 4.81. The van der Waals surface area contributed by atoms with Crippen LogP contribution in [-0.2, 0) is 11.3 Å². The van der Waals surface area contributed by atoms with E-state index in [1.165, 1.54) is 6.07 Å². The van der Waals surface area contributed by atoms with E-state index in [2.05, 4.69) is 15.2 Å². The second kappa shape index (κ2) is 9.26. The summed E-state index contributed by atoms with van der Waals surface area (Å²) in [7, 11) is 0. The molecule has 7 heteroatoms. The van der Waals surface area contributed by atoms with Crippen LogP contribution in [0, 0.1) is 5.82 Å². The van der Waals surface area contributed by atoms with Crippen molar-refractivity contribution in [3.8, 4) is 5.75 Å². The van der Waals surface area contributed by atoms with E-state index >= 15 is 0 Å². The number of nitrogens with one attached hydrogen (secondary N) is 1. The number of anilines is 2. The molecule has 0 aliphatic carbocycles. The minimum atomic E-state index is -0.534. The molecule has 1 atom stereocenters. The van der Waals surface area contributed by atoms with Crippen molar-refractivity contribution in [1.29, 1.82) is 0 Å². The Kier molecular flexibility index (Phi) is 6.08. The molecular formula is C23H22FN3O3. The summed E-state index contributed by atoms with van der Waals surface area (Å²) in [5.74, 6) is 0.687. The first-order valence-electron chi connectivity index (χ1n) is 9.77. The number of para-hydroxylation sites is 1. The van der Waals surface area contributed by atoms with Crippen LogP contribution in [0.1, 0.15) is 12.0 Å². The molecule has 0 saturated carbocycles. The van der Waals surface area contributed by atoms with Gasteiger partial charge < -0.3 is 14.4 Å². The number of pyridine rings is 1. The summed E-state index contributed by atoms with van der Waals surface area (Å²) in [6, 6.07) is 19.5. The number of aromatic nitrogens is 1. The van der Waals surface area contributed by atoms with Gasteiger partial charge in [-0.3, -0.25) is 5.32 Å². The molecule has 0 spiro atoms. The van der Waals surface area contributed by atoms with Crippen LogP contribution < -0.4 is 15.0 Å². The molecule has 0 radical (unpaired) electrons. The van der Waals surface area contributed by atoms with Gasteiger partial charge >= 0.3 is 6.09 Å². The molecule has 0 bridgehead atoms. The SMILES string of the molecule is O=C(Nc1ccc(N2CC[C@H](Oc3ccccc3F)C2)nc1)OCc1ccccc1. The van der Waals surface area contributed by atoms with Gasteiger partial charge in [0.25, 0.3) is 0 Å². The van der Waals surface area contributed by atoms with E-state index in [1.54, 1.807) is 30.5 Å². The molecule has 3 aromatic rings. The Morgan fingerprint density at radius 3 is 2.67 bits per heavy atom. The number of carbonyl (C=O) groups is 1. The highest BCUT2D eigenvalue weighted by Gasteiger charge is 2.25. The zero-order valence-corrected chi connectivity index (χ0v) is 16.3. The Hall–Kier alpha value is -3.61. The third kappa shape index (κ3) is 5.05. The average Bonchev–Trinajstić information content (AvgIpc) is 3.24. The van der Waals surface area contributed by atoms with E-state index < -0.39 is 6.09 Å². The summed E-state index contributed by atoms with van der Waals surface area (Å²) in [4.78, 5) is 18.4. The van der Waals surface area contributed by atoms with E-state index in [0.29, 0.717) is 12.2 Å². The first-order valence-corrected chi connectivity index (χ1v) is 9.77. The lowest BCUT2D eigenvalue weighted by molar-refractivity contribution is 0.155. The van der Waals surface area contributed by atoms with Gasteiger partial charge in [0.05, 0.1) is 18.4 Å². The van der Waals surface area contributed by atoms with Crippen molar-refractivity contribution in [1.82, 2.24) is 4.98 Å². The van der Waals surface area contributed by atoms with E-state index in [-0.39, 0.29) is 24.3 Å². The van der Waals surface area contributed by atoms with Crippen molar-refractivity contribution in [2.75, 3.05) is 23.3 Å². The second-order valence-corrected chi connectivity index (χ2v) is 7.00. The number of halogens is 1. The number of hydrogen-bond donors (Lipinski definition) is 1. The monoisotopic (exact) mass is 407 g/mol. The number of amides is 1. The van der Waals surface area contributed by atoms with Crippen molar-refractivity contribution >= 4 is 17.6 Å². The highest BCUT2D eigenvalue weighted by Crippen LogP contribution is 2.24. The molecule has 4 rings (SSSR count). The molecular weight excluding hydrogens is 385 g/mol. The van der Waals surface area contributed by atoms with Crippen molar-refractivity contribution in [2.24, 2.45) is 0 Å². The number of ether oxygens (including phenoxy) is 2. The zero-order valence-electron chi connectivity index (χ0n) is 16.3. The van der Waals surface area contributed by atoms with Crippen LogP contribution in [-0.4, -0.2) is 30.3 Å². The maximum atomic E-state index is 13.8. The number of hydrogen-bond acceptors (Lipinski definition) is 5. The fourth-order valence-electron chi connectivity index (χ4n) is 3.28. The quantitative estimate of drug-likeness (QED) is 0.646. The first-order chi connectivity index (χ1) is 14.7. The predicted molar refractivity (Wildman–Crippen MR) is 112 cm³/mol. The molecule has 1 aliphatic rings. The Morgan fingerprint density at radius 2 is 1.90 bits per heavy atom. The first kappa shape index (κ1) is 19.7. The lowest BCUT2D eigenvalue weighted by Gasteiger charge is -2.18. The van der Waals surface area contributed by atoms with Gasteiger partial charge in [0.2, 0.25) is 0 Å². The van der Waals surface area contributed by atoms with Crippen molar-refractivity contribution < 1.29 is 18.7 Å². The van der Waals surface area contributed by atoms with Crippen LogP contribution in [0.4, 0.5) is 20.7 Å². The highest BCUT2D eigenvalue weighted by molar-refractivity contribution is 5.84. The smallest absolute Gasteiger partial charge is 0.412 e. The summed E-state index contributed by atoms with van der Waals surface area (Å²) >= 11 is 0. The fourth-order valence-corrected chi connectivity index (χ4v) is 3.28. The second-order valence-electron chi connectivity index (χ2n) is 7.00. The maximum Gasteiger partial charge on any atom is 0.412 e. The van der Waals surface area contributed by atoms with Gasteiger partial charge in [-0.15, -0.1) is 0 Å². The minimum Gasteiger partial charge on any atom is -0.485 e. The van der Waals surface area contributed by atoms with Gasteiger partial charge in [-0.25, -0.2) is 14.2 Å². The van der Waals surface area contributed by atoms with Crippen LogP contribution in [0.2, 0.25) is 0 Å². The molecule has 1 amide bonds. The highest BCUT2D eigenvalue weighted by atomic mass is 19.1. The topological polar surface area (TPSA) is 63.7 Å². The van der Waals surface area contributed by atoms with Crippen LogP contribution in [0.5, 0.6) is 5.75 Å². The standard InChI is InChI=1S/C23H22FN3O3/c24-20-8-4-5-9-21(20)30-19-12-13-27(15-19)22-11-10-18(14-25-22)26-23(28)29-16-17-6-2-1-3-7-17/h1-11,14,19H,12-13,15-16H2,(H,26,28)/t19-/m0/s1. The lowest BCUT2D eigenvalue weighted by Crippen LogP contribution is -2.25. The summed E-state index contributed by atoms with van der Waals surface area (Å²) in [6.45, 7) is 1.58. The molecule has 1 N–H and O–H groups in total. The van der Waals surface area contributed by atoms with E-state index in [4.69, 9.17) is 9.47 Å². The molecule has 2 heterocycles. The molecule has 154 valence electrons. The Balaban J connectivity index is 1.27. The third-order valence-electron chi connectivity index (χ3n) is 4.81. The van der Waals surface area contributed by atoms with E-state index in [9.17, 15) is 9.18 Å². The molecule has 1 fully saturated rings. The van der Waals surface area contributed by atoms with E-state index in [0.717, 1.165) is 24.3 Å². The molecule has 1 aromatic heterocycles. The minimum absolute atomic E-state index is 0.102. The number of nitrogens with zero attached hydrogens (tertiary/aromatic N) is 2. The average molecular weight is 407 g/mol. The van der Waals surface area contributed by atoms with Gasteiger partial charge in [-0.1, -0.05) is 42.5 Å². The Bertz CT molecular complexity index is 982. The summed E-state index contributed by atoms with van der Waals surface area (Å²) in [5.41, 5.74) is 1.47. The van der Waals surface area contributed by atoms with Crippen molar-refractivity contribution in [2.45, 2.75) is 19.1 Å². The Morgan fingerprint density at radius 1 is 1.10 bits per heavy atom. The summed E-state index contributed by atoms with van der Waals surface area (Å²) < 4.78 is 24.8. The molecule has 6 nitrogen and oxygen atoms in total. The maximum absolute atomic E-state index is 13.8. The van der Waals surface area contributed by atoms with Gasteiger partial charge in [-0.05, 0) is 29.8 Å². The van der Waals surface area contributed by atoms with Crippen LogP contribution in [0.15, 0.2) is 72.9 Å². The van der Waals surface area contributed by atoms with Crippen LogP contribution in [0.3, 0.4) is 0 Å². The van der Waals surface area contributed by atoms with Gasteiger partial charge in [0.15, 0.2) is 11.6 Å². The van der Waals surface area contributed by atoms with Crippen LogP contribution in [0.25, 0.3) is 0 Å². The summed E-state index contributed by atoms with van der Waals surface area (Å²) in [5, 5.41) is 2.67. The van der Waals surface area contributed by atoms with Gasteiger partial charge in [0.1, 0.15) is 18.5 Å². The van der Waals surface area contributed by atoms with Gasteiger partial charge in [0, 0.05) is 13.0 Å². The molecule has 2 aromatic carbocycles. The van der Waals surface area contributed by atoms with E-state index in [1.807, 2.05) is 36.4 Å². The predicted octanol–water partition coefficient (Wildman–Crippen LogP) is 4.63. The summed E-state index contributed by atoms with van der Waals surface area (Å²) in [6.07, 6.45) is 1.73. The van der Waals surface area contributed by atoms with Crippen LogP contribution >= 0.6 is 0 Å². The molecule has 0 unspecified atom stereocenters. The molecule has 30 heavy (non-hydrogen) atoms. The number of carbonyl (C=O) groups excluding carboxylic acids is 1. The Labute approximate surface area is 174 Å². The van der Waals surface area contributed by atoms with Crippen molar-refractivity contribution in [3.63, 3.8) is 0 Å². The number of benzene rings is 2. The normalized spacial score (nSPS) is 15.6.